The molecule has 1 saturated heterocycles. The number of nitrogens with zero attached hydrogens (tertiary/aromatic N) is 4. The summed E-state index contributed by atoms with van der Waals surface area (Å²) in [5.41, 5.74) is 0.395. The minimum Gasteiger partial charge on any atom is -0.530 e. The second-order valence-corrected chi connectivity index (χ2v) is 4.99. The average molecular weight is 289 g/mol. The molecule has 2 aromatic rings. The first-order chi connectivity index (χ1) is 10.1. The van der Waals surface area contributed by atoms with E-state index in [0.717, 1.165) is 0 Å². The molecule has 1 amide bonds. The molecule has 110 valence electrons. The van der Waals surface area contributed by atoms with E-state index in [2.05, 4.69) is 9.97 Å². The van der Waals surface area contributed by atoms with Crippen LogP contribution in [0.5, 0.6) is 0 Å². The summed E-state index contributed by atoms with van der Waals surface area (Å²) < 4.78 is 1.82. The molecule has 0 saturated carbocycles. The van der Waals surface area contributed by atoms with Gasteiger partial charge in [0.25, 0.3) is 17.2 Å². The van der Waals surface area contributed by atoms with Crippen molar-refractivity contribution >= 4 is 23.1 Å². The molecule has 1 N–H and O–H groups in total. The highest BCUT2D eigenvalue weighted by Crippen LogP contribution is 2.11. The summed E-state index contributed by atoms with van der Waals surface area (Å²) in [6, 6.07) is 3.51. The van der Waals surface area contributed by atoms with Gasteiger partial charge in [0, 0.05) is 26.2 Å². The van der Waals surface area contributed by atoms with Crippen LogP contribution in [-0.4, -0.2) is 47.1 Å². The van der Waals surface area contributed by atoms with Crippen LogP contribution in [0.2, 0.25) is 0 Å². The molecule has 1 aliphatic rings. The van der Waals surface area contributed by atoms with E-state index in [1.165, 1.54) is 4.90 Å². The van der Waals surface area contributed by atoms with Crippen LogP contribution in [0.3, 0.4) is 0 Å². The van der Waals surface area contributed by atoms with Crippen LogP contribution in [0, 0.1) is 0 Å². The lowest BCUT2D eigenvalue weighted by atomic mass is 10.3. The fourth-order valence-corrected chi connectivity index (χ4v) is 2.48. The minimum absolute atomic E-state index is 0.294. The number of hydrogen-bond acceptors (Lipinski definition) is 5. The van der Waals surface area contributed by atoms with Crippen molar-refractivity contribution in [2.75, 3.05) is 31.1 Å². The molecule has 0 aliphatic carbocycles. The molecule has 0 radical (unpaired) electrons. The quantitative estimate of drug-likeness (QED) is 0.626. The maximum Gasteiger partial charge on any atom is 0.298 e. The van der Waals surface area contributed by atoms with E-state index in [-0.39, 0.29) is 5.56 Å². The molecular formula is C13H15N5O3. The van der Waals surface area contributed by atoms with Crippen LogP contribution in [0.25, 0.3) is 11.0 Å². The summed E-state index contributed by atoms with van der Waals surface area (Å²) in [6.07, 6.45) is 0.678. The van der Waals surface area contributed by atoms with Gasteiger partial charge in [-0.3, -0.25) is 4.79 Å². The Morgan fingerprint density at radius 2 is 2.10 bits per heavy atom. The van der Waals surface area contributed by atoms with Crippen LogP contribution in [0.1, 0.15) is 0 Å². The highest BCUT2D eigenvalue weighted by molar-refractivity contribution is 5.71. The second kappa shape index (κ2) is 5.04. The number of piperazine rings is 1. The Morgan fingerprint density at radius 1 is 1.38 bits per heavy atom. The number of pyridine rings is 1. The van der Waals surface area contributed by atoms with Crippen LogP contribution >= 0.6 is 0 Å². The van der Waals surface area contributed by atoms with Crippen molar-refractivity contribution in [3.05, 3.63) is 28.7 Å². The van der Waals surface area contributed by atoms with E-state index in [1.54, 1.807) is 12.1 Å². The Hall–Kier alpha value is -2.64. The maximum absolute atomic E-state index is 12.1. The van der Waals surface area contributed by atoms with Crippen molar-refractivity contribution in [3.63, 3.8) is 0 Å². The molecule has 0 bridgehead atoms. The predicted molar refractivity (Wildman–Crippen MR) is 72.7 cm³/mol. The number of amides is 1. The molecule has 8 nitrogen and oxygen atoms in total. The lowest BCUT2D eigenvalue weighted by Gasteiger charge is -2.35. The smallest absolute Gasteiger partial charge is 0.298 e. The zero-order chi connectivity index (χ0) is 15.0. The third kappa shape index (κ3) is 2.39. The maximum atomic E-state index is 12.1. The molecule has 3 heterocycles. The topological polar surface area (TPSA) is 96.2 Å². The molecule has 0 unspecified atom stereocenters. The average Bonchev–Trinajstić information content (AvgIpc) is 2.48. The fraction of sp³-hybridized carbons (Fsp3) is 0.385. The van der Waals surface area contributed by atoms with E-state index >= 15 is 0 Å². The van der Waals surface area contributed by atoms with Gasteiger partial charge >= 0.3 is 0 Å². The van der Waals surface area contributed by atoms with Crippen molar-refractivity contribution in [2.24, 2.45) is 7.05 Å². The van der Waals surface area contributed by atoms with Gasteiger partial charge in [-0.2, -0.15) is 4.98 Å². The van der Waals surface area contributed by atoms with Gasteiger partial charge in [0.1, 0.15) is 11.5 Å². The fourth-order valence-electron chi connectivity index (χ4n) is 2.48. The minimum atomic E-state index is -1.17. The van der Waals surface area contributed by atoms with Gasteiger partial charge in [0.15, 0.2) is 0 Å². The number of nitrogens with one attached hydrogen (secondary N) is 1. The van der Waals surface area contributed by atoms with Crippen molar-refractivity contribution in [3.8, 4) is 0 Å². The number of carboxylic acid groups (broad SMARTS) is 1. The molecule has 21 heavy (non-hydrogen) atoms. The van der Waals surface area contributed by atoms with Crippen LogP contribution in [0.15, 0.2) is 23.1 Å². The van der Waals surface area contributed by atoms with E-state index in [9.17, 15) is 14.7 Å². The second-order valence-electron chi connectivity index (χ2n) is 4.99. The Labute approximate surface area is 120 Å². The van der Waals surface area contributed by atoms with E-state index in [0.29, 0.717) is 43.2 Å². The first-order valence-corrected chi connectivity index (χ1v) is 6.66. The third-order valence-electron chi connectivity index (χ3n) is 3.69. The molecule has 0 aromatic carbocycles. The van der Waals surface area contributed by atoms with Gasteiger partial charge in [0.2, 0.25) is 0 Å². The van der Waals surface area contributed by atoms with Crippen LogP contribution in [-0.2, 0) is 7.05 Å². The molecule has 2 aromatic heterocycles. The Morgan fingerprint density at radius 3 is 2.76 bits per heavy atom. The first-order valence-electron chi connectivity index (χ1n) is 6.66. The standard InChI is InChI=1S/C13H15N5O3/c1-16-4-2-3-9-10(16)14-12(15-11(9)19)17-5-7-18(8-6-17)13(20)21/h2-4H,5-8H2,1H3,(H,20,21). The van der Waals surface area contributed by atoms with Gasteiger partial charge in [0.05, 0.1) is 13.2 Å². The number of aromatic nitrogens is 3. The van der Waals surface area contributed by atoms with E-state index < -0.39 is 6.09 Å². The highest BCUT2D eigenvalue weighted by atomic mass is 16.4. The largest absolute Gasteiger partial charge is 0.530 e. The number of fused-ring (bicyclic) bond motifs is 1. The van der Waals surface area contributed by atoms with Crippen LogP contribution < -0.4 is 20.1 Å². The predicted octanol–water partition coefficient (Wildman–Crippen LogP) is -1.79. The number of hydrogen-bond donors (Lipinski definition) is 1. The summed E-state index contributed by atoms with van der Waals surface area (Å²) in [7, 11) is 1.84. The summed E-state index contributed by atoms with van der Waals surface area (Å²) >= 11 is 0. The highest BCUT2D eigenvalue weighted by Gasteiger charge is 2.22. The van der Waals surface area contributed by atoms with Gasteiger partial charge in [-0.1, -0.05) is 0 Å². The molecule has 1 fully saturated rings. The van der Waals surface area contributed by atoms with Crippen molar-refractivity contribution in [1.82, 2.24) is 14.9 Å². The van der Waals surface area contributed by atoms with Crippen LogP contribution in [0.4, 0.5) is 10.7 Å². The SMILES string of the molecule is C[n+]1cccc2c(=O)nc(N3CCN(C(=O)[O-])CC3)[nH]c21. The van der Waals surface area contributed by atoms with Crippen molar-refractivity contribution < 1.29 is 14.5 Å². The molecule has 0 spiro atoms. The van der Waals surface area contributed by atoms with Crippen molar-refractivity contribution in [1.29, 1.82) is 0 Å². The van der Waals surface area contributed by atoms with E-state index in [1.807, 2.05) is 22.7 Å². The van der Waals surface area contributed by atoms with E-state index in [4.69, 9.17) is 0 Å². The number of aromatic amines is 1. The first kappa shape index (κ1) is 13.3. The Bertz CT molecular complexity index is 749. The van der Waals surface area contributed by atoms with Gasteiger partial charge in [-0.05, 0) is 12.1 Å². The number of anilines is 1. The molecule has 8 heteroatoms. The molecule has 0 atom stereocenters. The summed E-state index contributed by atoms with van der Waals surface area (Å²) in [5.74, 6) is 0.465. The van der Waals surface area contributed by atoms with Crippen molar-refractivity contribution in [2.45, 2.75) is 0 Å². The number of carbonyl (C=O) groups is 1. The Balaban J connectivity index is 1.94. The number of carbonyl (C=O) groups excluding carboxylic acids is 1. The number of rotatable bonds is 1. The monoisotopic (exact) mass is 289 g/mol. The van der Waals surface area contributed by atoms with Gasteiger partial charge < -0.3 is 19.7 Å². The summed E-state index contributed by atoms with van der Waals surface area (Å²) in [4.78, 5) is 33.2. The molecular weight excluding hydrogens is 274 g/mol. The summed E-state index contributed by atoms with van der Waals surface area (Å²) in [5, 5.41) is 11.3. The Kier molecular flexibility index (Phi) is 3.20. The van der Waals surface area contributed by atoms with Gasteiger partial charge in [-0.25, -0.2) is 9.55 Å². The molecule has 1 aliphatic heterocycles. The zero-order valence-electron chi connectivity index (χ0n) is 11.6. The lowest BCUT2D eigenvalue weighted by Crippen LogP contribution is -2.53. The number of H-pyrrole nitrogens is 1. The molecule has 3 rings (SSSR count). The normalized spacial score (nSPS) is 15.5. The third-order valence-corrected chi connectivity index (χ3v) is 3.69. The lowest BCUT2D eigenvalue weighted by molar-refractivity contribution is -0.646. The number of aryl methyl sites for hydroxylation is 1. The van der Waals surface area contributed by atoms with Gasteiger partial charge in [-0.15, -0.1) is 0 Å². The zero-order valence-corrected chi connectivity index (χ0v) is 11.6. The summed E-state index contributed by atoms with van der Waals surface area (Å²) in [6.45, 7) is 1.62.